The quantitative estimate of drug-likeness (QED) is 0.328. The summed E-state index contributed by atoms with van der Waals surface area (Å²) >= 11 is 0. The average Bonchev–Trinajstić information content (AvgIpc) is 1.66. The van der Waals surface area contributed by atoms with Gasteiger partial charge in [-0.1, -0.05) is 24.8 Å². The van der Waals surface area contributed by atoms with Crippen molar-refractivity contribution in [2.24, 2.45) is 5.84 Å². The molecule has 0 saturated heterocycles. The number of hydrogen-bond donors (Lipinski definition) is 1. The molecule has 0 aromatic heterocycles. The van der Waals surface area contributed by atoms with E-state index in [0.29, 0.717) is 0 Å². The SMILES string of the molecule is C=C/C=C/CN(C)N. The second kappa shape index (κ2) is 4.56. The van der Waals surface area contributed by atoms with Crippen LogP contribution in [0.5, 0.6) is 0 Å². The molecule has 0 aliphatic carbocycles. The van der Waals surface area contributed by atoms with Crippen LogP contribution in [-0.4, -0.2) is 18.6 Å². The summed E-state index contributed by atoms with van der Waals surface area (Å²) < 4.78 is 0. The zero-order valence-corrected chi connectivity index (χ0v) is 5.17. The first-order valence-corrected chi connectivity index (χ1v) is 2.50. The molecule has 0 aromatic carbocycles. The fourth-order valence-electron chi connectivity index (χ4n) is 0.323. The van der Waals surface area contributed by atoms with Crippen LogP contribution in [0.1, 0.15) is 0 Å². The maximum Gasteiger partial charge on any atom is 0.0309 e. The highest BCUT2D eigenvalue weighted by Crippen LogP contribution is 1.73. The Morgan fingerprint density at radius 2 is 2.38 bits per heavy atom. The summed E-state index contributed by atoms with van der Waals surface area (Å²) in [4.78, 5) is 0. The van der Waals surface area contributed by atoms with Crippen molar-refractivity contribution in [3.05, 3.63) is 24.8 Å². The van der Waals surface area contributed by atoms with E-state index in [1.807, 2.05) is 19.2 Å². The van der Waals surface area contributed by atoms with E-state index in [9.17, 15) is 0 Å². The van der Waals surface area contributed by atoms with E-state index in [1.54, 1.807) is 11.1 Å². The van der Waals surface area contributed by atoms with Crippen molar-refractivity contribution in [3.8, 4) is 0 Å². The van der Waals surface area contributed by atoms with E-state index in [-0.39, 0.29) is 0 Å². The summed E-state index contributed by atoms with van der Waals surface area (Å²) in [5.74, 6) is 5.28. The Morgan fingerprint density at radius 3 is 2.75 bits per heavy atom. The Kier molecular flexibility index (Phi) is 4.21. The van der Waals surface area contributed by atoms with Gasteiger partial charge in [0.2, 0.25) is 0 Å². The first kappa shape index (κ1) is 7.40. The number of likely N-dealkylation sites (N-methyl/N-ethyl adjacent to an activating group) is 1. The minimum absolute atomic E-state index is 0.770. The lowest BCUT2D eigenvalue weighted by Crippen LogP contribution is -2.25. The van der Waals surface area contributed by atoms with Crippen LogP contribution in [0.15, 0.2) is 24.8 Å². The normalized spacial score (nSPS) is 10.9. The molecule has 0 rings (SSSR count). The molecule has 0 radical (unpaired) electrons. The van der Waals surface area contributed by atoms with Crippen molar-refractivity contribution in [2.45, 2.75) is 0 Å². The van der Waals surface area contributed by atoms with E-state index in [4.69, 9.17) is 5.84 Å². The summed E-state index contributed by atoms with van der Waals surface area (Å²) in [6.45, 7) is 4.28. The van der Waals surface area contributed by atoms with Gasteiger partial charge in [0, 0.05) is 13.6 Å². The van der Waals surface area contributed by atoms with Gasteiger partial charge in [-0.15, -0.1) is 0 Å². The van der Waals surface area contributed by atoms with Crippen LogP contribution in [-0.2, 0) is 0 Å². The van der Waals surface area contributed by atoms with Crippen molar-refractivity contribution in [2.75, 3.05) is 13.6 Å². The van der Waals surface area contributed by atoms with E-state index in [0.717, 1.165) is 6.54 Å². The third-order valence-corrected chi connectivity index (χ3v) is 0.666. The summed E-state index contributed by atoms with van der Waals surface area (Å²) in [6.07, 6.45) is 5.53. The molecular formula is C6H12N2. The summed E-state index contributed by atoms with van der Waals surface area (Å²) in [5, 5.41) is 1.60. The summed E-state index contributed by atoms with van der Waals surface area (Å²) in [6, 6.07) is 0. The van der Waals surface area contributed by atoms with Crippen LogP contribution in [0.3, 0.4) is 0 Å². The van der Waals surface area contributed by atoms with Gasteiger partial charge in [0.05, 0.1) is 0 Å². The number of rotatable bonds is 3. The van der Waals surface area contributed by atoms with Crippen molar-refractivity contribution < 1.29 is 0 Å². The molecule has 2 N–H and O–H groups in total. The van der Waals surface area contributed by atoms with Crippen LogP contribution in [0, 0.1) is 0 Å². The molecule has 0 amide bonds. The van der Waals surface area contributed by atoms with Crippen molar-refractivity contribution in [1.82, 2.24) is 5.01 Å². The Balaban J connectivity index is 3.15. The minimum atomic E-state index is 0.770. The summed E-state index contributed by atoms with van der Waals surface area (Å²) in [5.41, 5.74) is 0. The Labute approximate surface area is 50.3 Å². The van der Waals surface area contributed by atoms with Crippen LogP contribution in [0.25, 0.3) is 0 Å². The molecule has 0 aliphatic rings. The highest BCUT2D eigenvalue weighted by Gasteiger charge is 1.77. The average molecular weight is 112 g/mol. The first-order chi connectivity index (χ1) is 3.77. The van der Waals surface area contributed by atoms with Gasteiger partial charge in [0.15, 0.2) is 0 Å². The molecule has 0 aliphatic heterocycles. The second-order valence-electron chi connectivity index (χ2n) is 1.60. The van der Waals surface area contributed by atoms with Gasteiger partial charge in [-0.05, 0) is 0 Å². The lowest BCUT2D eigenvalue weighted by molar-refractivity contribution is 0.389. The molecule has 0 saturated carbocycles. The smallest absolute Gasteiger partial charge is 0.0309 e. The first-order valence-electron chi connectivity index (χ1n) is 2.50. The third kappa shape index (κ3) is 5.40. The van der Waals surface area contributed by atoms with Crippen LogP contribution >= 0.6 is 0 Å². The number of hydrogen-bond acceptors (Lipinski definition) is 2. The van der Waals surface area contributed by atoms with Gasteiger partial charge in [-0.25, -0.2) is 5.01 Å². The Morgan fingerprint density at radius 1 is 1.75 bits per heavy atom. The van der Waals surface area contributed by atoms with Crippen LogP contribution in [0.2, 0.25) is 0 Å². The molecule has 0 unspecified atom stereocenters. The Hall–Kier alpha value is -0.600. The zero-order valence-electron chi connectivity index (χ0n) is 5.17. The monoisotopic (exact) mass is 112 g/mol. The molecule has 0 spiro atoms. The zero-order chi connectivity index (χ0) is 6.41. The van der Waals surface area contributed by atoms with E-state index >= 15 is 0 Å². The van der Waals surface area contributed by atoms with Gasteiger partial charge in [-0.2, -0.15) is 0 Å². The second-order valence-corrected chi connectivity index (χ2v) is 1.60. The number of allylic oxidation sites excluding steroid dienone is 2. The third-order valence-electron chi connectivity index (χ3n) is 0.666. The predicted octanol–water partition coefficient (Wildman–Crippen LogP) is 0.534. The molecule has 8 heavy (non-hydrogen) atoms. The Bertz CT molecular complexity index is 84.5. The molecule has 0 fully saturated rings. The van der Waals surface area contributed by atoms with Crippen LogP contribution in [0.4, 0.5) is 0 Å². The fraction of sp³-hybridized carbons (Fsp3) is 0.333. The molecule has 0 heterocycles. The molecule has 46 valence electrons. The van der Waals surface area contributed by atoms with E-state index < -0.39 is 0 Å². The van der Waals surface area contributed by atoms with E-state index in [2.05, 4.69) is 6.58 Å². The van der Waals surface area contributed by atoms with Crippen molar-refractivity contribution in [3.63, 3.8) is 0 Å². The maximum absolute atomic E-state index is 5.28. The topological polar surface area (TPSA) is 29.3 Å². The molecule has 0 aromatic rings. The molecule has 0 atom stereocenters. The number of nitrogens with zero attached hydrogens (tertiary/aromatic N) is 1. The van der Waals surface area contributed by atoms with E-state index in [1.165, 1.54) is 0 Å². The van der Waals surface area contributed by atoms with Crippen molar-refractivity contribution >= 4 is 0 Å². The molecule has 2 heteroatoms. The standard InChI is InChI=1S/C6H12N2/c1-3-4-5-6-8(2)7/h3-5H,1,6-7H2,2H3/b5-4+. The molecule has 0 bridgehead atoms. The number of nitrogens with two attached hydrogens (primary N) is 1. The lowest BCUT2D eigenvalue weighted by atomic mass is 10.5. The lowest BCUT2D eigenvalue weighted by Gasteiger charge is -2.02. The minimum Gasteiger partial charge on any atom is -0.269 e. The summed E-state index contributed by atoms with van der Waals surface area (Å²) in [7, 11) is 1.81. The largest absolute Gasteiger partial charge is 0.269 e. The highest BCUT2D eigenvalue weighted by atomic mass is 15.4. The predicted molar refractivity (Wildman–Crippen MR) is 36.2 cm³/mol. The number of hydrazine groups is 1. The highest BCUT2D eigenvalue weighted by molar-refractivity contribution is 4.97. The van der Waals surface area contributed by atoms with Crippen molar-refractivity contribution in [1.29, 1.82) is 0 Å². The van der Waals surface area contributed by atoms with Gasteiger partial charge in [0.25, 0.3) is 0 Å². The van der Waals surface area contributed by atoms with Gasteiger partial charge in [0.1, 0.15) is 0 Å². The van der Waals surface area contributed by atoms with Gasteiger partial charge < -0.3 is 0 Å². The van der Waals surface area contributed by atoms with Crippen LogP contribution < -0.4 is 5.84 Å². The molecular weight excluding hydrogens is 100 g/mol. The van der Waals surface area contributed by atoms with Gasteiger partial charge in [-0.3, -0.25) is 5.84 Å². The molecule has 2 nitrogen and oxygen atoms in total. The fourth-order valence-corrected chi connectivity index (χ4v) is 0.323. The maximum atomic E-state index is 5.28. The van der Waals surface area contributed by atoms with Gasteiger partial charge >= 0.3 is 0 Å².